The Labute approximate surface area is 168 Å². The van der Waals surface area contributed by atoms with Crippen molar-refractivity contribution in [3.63, 3.8) is 0 Å². The van der Waals surface area contributed by atoms with E-state index in [1.807, 2.05) is 30.3 Å². The molecule has 0 bridgehead atoms. The summed E-state index contributed by atoms with van der Waals surface area (Å²) in [4.78, 5) is 39.4. The molecule has 1 N–H and O–H groups in total. The maximum Gasteiger partial charge on any atom is 0.335 e. The van der Waals surface area contributed by atoms with Crippen LogP contribution in [-0.4, -0.2) is 58.9 Å². The summed E-state index contributed by atoms with van der Waals surface area (Å²) < 4.78 is 14.2. The van der Waals surface area contributed by atoms with E-state index < -0.39 is 17.7 Å². The zero-order chi connectivity index (χ0) is 20.8. The minimum Gasteiger partial charge on any atom is -0.478 e. The molecule has 2 aromatic rings. The zero-order valence-electron chi connectivity index (χ0n) is 16.0. The first-order valence-corrected chi connectivity index (χ1v) is 9.59. The number of amides is 2. The lowest BCUT2D eigenvalue weighted by molar-refractivity contribution is -0.131. The van der Waals surface area contributed by atoms with Crippen molar-refractivity contribution in [1.82, 2.24) is 9.80 Å². The summed E-state index contributed by atoms with van der Waals surface area (Å²) in [5, 5.41) is 8.92. The van der Waals surface area contributed by atoms with Crippen LogP contribution < -0.4 is 0 Å². The Bertz CT molecular complexity index is 901. The number of aromatic carboxylic acids is 1. The number of carbonyl (C=O) groups is 3. The number of aryl methyl sites for hydroxylation is 1. The molecular weight excluding hydrogens is 375 g/mol. The lowest BCUT2D eigenvalue weighted by Gasteiger charge is -2.22. The van der Waals surface area contributed by atoms with Gasteiger partial charge in [0.2, 0.25) is 5.91 Å². The Morgan fingerprint density at radius 1 is 0.931 bits per heavy atom. The second-order valence-corrected chi connectivity index (χ2v) is 7.01. The summed E-state index contributed by atoms with van der Waals surface area (Å²) in [6, 6.07) is 13.1. The van der Waals surface area contributed by atoms with E-state index in [0.29, 0.717) is 45.4 Å². The summed E-state index contributed by atoms with van der Waals surface area (Å²) in [7, 11) is 0. The van der Waals surface area contributed by atoms with Crippen molar-refractivity contribution in [2.45, 2.75) is 19.3 Å². The molecule has 0 radical (unpaired) electrons. The largest absolute Gasteiger partial charge is 0.478 e. The van der Waals surface area contributed by atoms with E-state index in [0.717, 1.165) is 11.6 Å². The van der Waals surface area contributed by atoms with Gasteiger partial charge in [-0.15, -0.1) is 0 Å². The van der Waals surface area contributed by atoms with Crippen molar-refractivity contribution in [1.29, 1.82) is 0 Å². The van der Waals surface area contributed by atoms with Crippen molar-refractivity contribution in [2.75, 3.05) is 26.2 Å². The minimum absolute atomic E-state index is 0.0418. The van der Waals surface area contributed by atoms with E-state index in [9.17, 15) is 18.8 Å². The number of hydrogen-bond donors (Lipinski definition) is 1. The average molecular weight is 398 g/mol. The second kappa shape index (κ2) is 9.32. The second-order valence-electron chi connectivity index (χ2n) is 7.01. The van der Waals surface area contributed by atoms with Gasteiger partial charge >= 0.3 is 5.97 Å². The molecule has 0 saturated carbocycles. The molecule has 7 heteroatoms. The Morgan fingerprint density at radius 2 is 1.62 bits per heavy atom. The predicted molar refractivity (Wildman–Crippen MR) is 105 cm³/mol. The van der Waals surface area contributed by atoms with Crippen LogP contribution in [0, 0.1) is 5.82 Å². The summed E-state index contributed by atoms with van der Waals surface area (Å²) in [5.74, 6) is -2.55. The third kappa shape index (κ3) is 5.19. The average Bonchev–Trinajstić information content (AvgIpc) is 2.98. The van der Waals surface area contributed by atoms with Gasteiger partial charge in [-0.2, -0.15) is 0 Å². The predicted octanol–water partition coefficient (Wildman–Crippen LogP) is 2.83. The molecule has 0 atom stereocenters. The molecule has 1 aliphatic rings. The first kappa shape index (κ1) is 20.5. The molecule has 3 rings (SSSR count). The summed E-state index contributed by atoms with van der Waals surface area (Å²) in [6.07, 6.45) is 1.68. The Hall–Kier alpha value is -3.22. The molecule has 1 heterocycles. The molecule has 2 amide bonds. The topological polar surface area (TPSA) is 77.9 Å². The Morgan fingerprint density at radius 3 is 2.31 bits per heavy atom. The van der Waals surface area contributed by atoms with Crippen LogP contribution in [-0.2, 0) is 11.2 Å². The first-order chi connectivity index (χ1) is 14.0. The number of halogens is 1. The fourth-order valence-corrected chi connectivity index (χ4v) is 3.42. The van der Waals surface area contributed by atoms with Crippen LogP contribution in [0.3, 0.4) is 0 Å². The van der Waals surface area contributed by atoms with Crippen LogP contribution in [0.4, 0.5) is 4.39 Å². The third-order valence-electron chi connectivity index (χ3n) is 5.05. The molecular formula is C22H23FN2O4. The van der Waals surface area contributed by atoms with Crippen LogP contribution in [0.15, 0.2) is 48.5 Å². The van der Waals surface area contributed by atoms with Gasteiger partial charge in [-0.05, 0) is 36.6 Å². The summed E-state index contributed by atoms with van der Waals surface area (Å²) >= 11 is 0. The summed E-state index contributed by atoms with van der Waals surface area (Å²) in [5.41, 5.74) is 0.747. The monoisotopic (exact) mass is 398 g/mol. The lowest BCUT2D eigenvalue weighted by atomic mass is 10.1. The van der Waals surface area contributed by atoms with E-state index in [1.54, 1.807) is 4.90 Å². The van der Waals surface area contributed by atoms with Crippen molar-refractivity contribution >= 4 is 17.8 Å². The Kier molecular flexibility index (Phi) is 6.59. The van der Waals surface area contributed by atoms with Gasteiger partial charge in [0, 0.05) is 32.6 Å². The van der Waals surface area contributed by atoms with Crippen molar-refractivity contribution in [3.05, 3.63) is 71.0 Å². The quantitative estimate of drug-likeness (QED) is 0.840. The smallest absolute Gasteiger partial charge is 0.335 e. The molecule has 29 heavy (non-hydrogen) atoms. The van der Waals surface area contributed by atoms with Gasteiger partial charge < -0.3 is 14.9 Å². The molecule has 2 aromatic carbocycles. The fourth-order valence-electron chi connectivity index (χ4n) is 3.42. The normalized spacial score (nSPS) is 14.4. The van der Waals surface area contributed by atoms with Crippen LogP contribution in [0.25, 0.3) is 0 Å². The highest BCUT2D eigenvalue weighted by Gasteiger charge is 2.24. The first-order valence-electron chi connectivity index (χ1n) is 9.59. The van der Waals surface area contributed by atoms with Gasteiger partial charge in [0.25, 0.3) is 5.91 Å². The van der Waals surface area contributed by atoms with Crippen LogP contribution in [0.1, 0.15) is 39.1 Å². The Balaban J connectivity index is 1.58. The van der Waals surface area contributed by atoms with Crippen molar-refractivity contribution in [3.8, 4) is 0 Å². The molecule has 6 nitrogen and oxygen atoms in total. The summed E-state index contributed by atoms with van der Waals surface area (Å²) in [6.45, 7) is 1.68. The molecule has 1 fully saturated rings. The van der Waals surface area contributed by atoms with Gasteiger partial charge in [0.05, 0.1) is 11.1 Å². The van der Waals surface area contributed by atoms with Gasteiger partial charge in [0.1, 0.15) is 5.82 Å². The maximum atomic E-state index is 14.2. The molecule has 0 unspecified atom stereocenters. The highest BCUT2D eigenvalue weighted by Crippen LogP contribution is 2.16. The number of carbonyl (C=O) groups excluding carboxylic acids is 2. The zero-order valence-corrected chi connectivity index (χ0v) is 16.0. The van der Waals surface area contributed by atoms with Gasteiger partial charge in [-0.1, -0.05) is 30.3 Å². The standard InChI is InChI=1S/C22H23FN2O4/c23-19-15-17(22(28)29)8-9-18(19)21(27)25-12-4-11-24(13-14-25)20(26)10-7-16-5-2-1-3-6-16/h1-3,5-6,8-9,15H,4,7,10-14H2,(H,28,29). The van der Waals surface area contributed by atoms with Crippen molar-refractivity contribution < 1.29 is 23.9 Å². The number of carboxylic acid groups (broad SMARTS) is 1. The highest BCUT2D eigenvalue weighted by molar-refractivity contribution is 5.96. The van der Waals surface area contributed by atoms with E-state index in [2.05, 4.69) is 0 Å². The number of rotatable bonds is 5. The molecule has 1 saturated heterocycles. The van der Waals surface area contributed by atoms with Crippen molar-refractivity contribution in [2.24, 2.45) is 0 Å². The molecule has 152 valence electrons. The SMILES string of the molecule is O=C(O)c1ccc(C(=O)N2CCCN(C(=O)CCc3ccccc3)CC2)c(F)c1. The van der Waals surface area contributed by atoms with Gasteiger partial charge in [-0.25, -0.2) is 9.18 Å². The van der Waals surface area contributed by atoms with Crippen LogP contribution in [0.2, 0.25) is 0 Å². The minimum atomic E-state index is -1.25. The van der Waals surface area contributed by atoms with E-state index >= 15 is 0 Å². The molecule has 1 aliphatic heterocycles. The van der Waals surface area contributed by atoms with Crippen LogP contribution >= 0.6 is 0 Å². The van der Waals surface area contributed by atoms with Gasteiger partial charge in [0.15, 0.2) is 0 Å². The van der Waals surface area contributed by atoms with Crippen LogP contribution in [0.5, 0.6) is 0 Å². The molecule has 0 aliphatic carbocycles. The lowest BCUT2D eigenvalue weighted by Crippen LogP contribution is -2.37. The number of hydrogen-bond acceptors (Lipinski definition) is 3. The highest BCUT2D eigenvalue weighted by atomic mass is 19.1. The third-order valence-corrected chi connectivity index (χ3v) is 5.05. The maximum absolute atomic E-state index is 14.2. The van der Waals surface area contributed by atoms with E-state index in [4.69, 9.17) is 5.11 Å². The number of carboxylic acids is 1. The molecule has 0 spiro atoms. The van der Waals surface area contributed by atoms with Gasteiger partial charge in [-0.3, -0.25) is 9.59 Å². The fraction of sp³-hybridized carbons (Fsp3) is 0.318. The van der Waals surface area contributed by atoms with E-state index in [-0.39, 0.29) is 17.0 Å². The number of benzene rings is 2. The molecule has 0 aromatic heterocycles. The van der Waals surface area contributed by atoms with E-state index in [1.165, 1.54) is 17.0 Å². The number of nitrogens with zero attached hydrogens (tertiary/aromatic N) is 2.